The highest BCUT2D eigenvalue weighted by Crippen LogP contribution is 2.42. The lowest BCUT2D eigenvalue weighted by Crippen LogP contribution is -2.46. The number of piperidine rings is 1. The third kappa shape index (κ3) is 3.09. The molecular formula is C19H27NO3. The molecule has 2 atom stereocenters. The van der Waals surface area contributed by atoms with Crippen LogP contribution in [0.25, 0.3) is 0 Å². The number of carbonyl (C=O) groups excluding carboxylic acids is 1. The molecule has 1 aromatic rings. The highest BCUT2D eigenvalue weighted by atomic mass is 16.5. The number of benzene rings is 1. The smallest absolute Gasteiger partial charge is 0.161 e. The minimum absolute atomic E-state index is 0.0323. The zero-order valence-corrected chi connectivity index (χ0v) is 13.2. The van der Waals surface area contributed by atoms with Crippen molar-refractivity contribution in [3.8, 4) is 11.5 Å². The lowest BCUT2D eigenvalue weighted by Gasteiger charge is -2.43. The Bertz CT molecular complexity index is 975. The van der Waals surface area contributed by atoms with E-state index in [1.807, 2.05) is 0 Å². The summed E-state index contributed by atoms with van der Waals surface area (Å²) in [5.74, 6) is -5.80. The van der Waals surface area contributed by atoms with Gasteiger partial charge in [0.15, 0.2) is 11.5 Å². The second-order valence-corrected chi connectivity index (χ2v) is 5.71. The van der Waals surface area contributed by atoms with E-state index in [-0.39, 0.29) is 49.5 Å². The molecule has 23 heavy (non-hydrogen) atoms. The van der Waals surface area contributed by atoms with E-state index in [0.717, 1.165) is 0 Å². The van der Waals surface area contributed by atoms with Crippen LogP contribution in [0.15, 0.2) is 12.1 Å². The van der Waals surface area contributed by atoms with E-state index in [2.05, 4.69) is 0 Å². The van der Waals surface area contributed by atoms with Crippen molar-refractivity contribution in [3.63, 3.8) is 0 Å². The van der Waals surface area contributed by atoms with E-state index in [9.17, 15) is 4.79 Å². The van der Waals surface area contributed by atoms with Crippen LogP contribution in [0.4, 0.5) is 0 Å². The van der Waals surface area contributed by atoms with Crippen molar-refractivity contribution in [3.05, 3.63) is 23.2 Å². The lowest BCUT2D eigenvalue weighted by atomic mass is 9.80. The second-order valence-electron chi connectivity index (χ2n) is 5.71. The quantitative estimate of drug-likeness (QED) is 0.850. The summed E-state index contributed by atoms with van der Waals surface area (Å²) in [5.41, 5.74) is 0.892. The van der Waals surface area contributed by atoms with Gasteiger partial charge in [-0.1, -0.05) is 13.7 Å². The van der Waals surface area contributed by atoms with Gasteiger partial charge in [0.05, 0.1) is 17.0 Å². The number of carbonyl (C=O) groups is 1. The molecule has 1 saturated heterocycles. The number of Topliss-reactive ketones (excluding diaryl/α,β-unsaturated/α-hetero) is 1. The minimum Gasteiger partial charge on any atom is -0.493 e. The molecule has 4 nitrogen and oxygen atoms in total. The molecule has 1 fully saturated rings. The lowest BCUT2D eigenvalue weighted by molar-refractivity contribution is -0.129. The Hall–Kier alpha value is -1.55. The number of hydrogen-bond donors (Lipinski definition) is 0. The first-order chi connectivity index (χ1) is 15.5. The van der Waals surface area contributed by atoms with Gasteiger partial charge >= 0.3 is 0 Å². The van der Waals surface area contributed by atoms with Gasteiger partial charge in [0.25, 0.3) is 0 Å². The van der Waals surface area contributed by atoms with E-state index in [0.29, 0.717) is 11.1 Å². The predicted molar refractivity (Wildman–Crippen MR) is 90.1 cm³/mol. The maximum atomic E-state index is 13.2. The molecule has 0 spiro atoms. The summed E-state index contributed by atoms with van der Waals surface area (Å²) in [6, 6.07) is -0.723. The molecule has 2 aliphatic rings. The summed E-state index contributed by atoms with van der Waals surface area (Å²) in [6.07, 6.45) is -3.24. The molecule has 1 aromatic carbocycles. The van der Waals surface area contributed by atoms with Gasteiger partial charge in [0, 0.05) is 43.8 Å². The number of rotatable bonds is 4. The van der Waals surface area contributed by atoms with Crippen LogP contribution in [0.2, 0.25) is 0 Å². The van der Waals surface area contributed by atoms with Gasteiger partial charge in [-0.15, -0.1) is 0 Å². The van der Waals surface area contributed by atoms with Crippen molar-refractivity contribution in [2.45, 2.75) is 39.0 Å². The summed E-state index contributed by atoms with van der Waals surface area (Å²) in [5, 5.41) is 0. The number of nitrogens with zero attached hydrogens (tertiary/aromatic N) is 1. The van der Waals surface area contributed by atoms with Crippen LogP contribution in [0.5, 0.6) is 11.5 Å². The fourth-order valence-corrected chi connectivity index (χ4v) is 3.30. The average molecular weight is 328 g/mol. The predicted octanol–water partition coefficient (Wildman–Crippen LogP) is 3.24. The maximum absolute atomic E-state index is 13.2. The third-order valence-electron chi connectivity index (χ3n) is 4.39. The standard InChI is InChI=1S/C19H27NO3/c1-12(2)7-14-11-20-6-5-13-8-18(22-3)19(23-4)9-15(13)16(20)10-17(14)21/h8-9,12,14,16H,5-7,10-11H2,1-4H3/i1D3,2D3,7D2,8D,9D,12D. The largest absolute Gasteiger partial charge is 0.493 e. The van der Waals surface area contributed by atoms with Crippen molar-refractivity contribution < 1.29 is 29.3 Å². The summed E-state index contributed by atoms with van der Waals surface area (Å²) in [4.78, 5) is 14.9. The maximum Gasteiger partial charge on any atom is 0.161 e. The fourth-order valence-electron chi connectivity index (χ4n) is 3.30. The molecular weight excluding hydrogens is 290 g/mol. The van der Waals surface area contributed by atoms with Crippen LogP contribution in [0, 0.1) is 11.8 Å². The molecule has 0 aliphatic carbocycles. The van der Waals surface area contributed by atoms with E-state index >= 15 is 0 Å². The number of ether oxygens (including phenoxy) is 2. The van der Waals surface area contributed by atoms with Crippen LogP contribution in [-0.2, 0) is 11.2 Å². The molecule has 0 saturated carbocycles. The fraction of sp³-hybridized carbons (Fsp3) is 0.632. The summed E-state index contributed by atoms with van der Waals surface area (Å²) in [7, 11) is 2.69. The van der Waals surface area contributed by atoms with Gasteiger partial charge in [0.1, 0.15) is 5.78 Å². The summed E-state index contributed by atoms with van der Waals surface area (Å²) < 4.78 is 98.7. The van der Waals surface area contributed by atoms with Crippen molar-refractivity contribution in [1.29, 1.82) is 0 Å². The number of fused-ring (bicyclic) bond motifs is 3. The van der Waals surface area contributed by atoms with E-state index in [1.54, 1.807) is 4.90 Å². The van der Waals surface area contributed by atoms with Crippen molar-refractivity contribution in [2.75, 3.05) is 27.3 Å². The van der Waals surface area contributed by atoms with E-state index < -0.39 is 43.7 Å². The van der Waals surface area contributed by atoms with Crippen LogP contribution in [0.1, 0.15) is 58.7 Å². The molecule has 3 rings (SSSR count). The zero-order valence-electron chi connectivity index (χ0n) is 24.2. The average Bonchev–Trinajstić information content (AvgIpc) is 2.72. The normalized spacial score (nSPS) is 33.5. The first kappa shape index (κ1) is 7.56. The molecule has 4 heteroatoms. The van der Waals surface area contributed by atoms with Gasteiger partial charge in [0.2, 0.25) is 0 Å². The van der Waals surface area contributed by atoms with Gasteiger partial charge < -0.3 is 9.47 Å². The van der Waals surface area contributed by atoms with Gasteiger partial charge in [-0.25, -0.2) is 0 Å². The Morgan fingerprint density at radius 1 is 1.43 bits per heavy atom. The van der Waals surface area contributed by atoms with E-state index in [1.165, 1.54) is 14.2 Å². The summed E-state index contributed by atoms with van der Waals surface area (Å²) >= 11 is 0. The topological polar surface area (TPSA) is 38.8 Å². The highest BCUT2D eigenvalue weighted by Gasteiger charge is 2.38. The molecule has 2 unspecified atom stereocenters. The van der Waals surface area contributed by atoms with Crippen LogP contribution in [0.3, 0.4) is 0 Å². The van der Waals surface area contributed by atoms with Crippen molar-refractivity contribution in [1.82, 2.24) is 4.90 Å². The van der Waals surface area contributed by atoms with Crippen LogP contribution < -0.4 is 9.47 Å². The minimum atomic E-state index is -3.53. The Morgan fingerprint density at radius 3 is 2.87 bits per heavy atom. The second kappa shape index (κ2) is 6.52. The molecule has 0 radical (unpaired) electrons. The Kier molecular flexibility index (Phi) is 2.14. The van der Waals surface area contributed by atoms with Gasteiger partial charge in [-0.05, 0) is 41.9 Å². The molecule has 2 aliphatic heterocycles. The zero-order chi connectivity index (χ0) is 26.0. The van der Waals surface area contributed by atoms with Gasteiger partial charge in [-0.3, -0.25) is 9.69 Å². The van der Waals surface area contributed by atoms with E-state index in [4.69, 9.17) is 24.6 Å². The van der Waals surface area contributed by atoms with Crippen molar-refractivity contribution in [2.24, 2.45) is 11.8 Å². The number of hydrogen-bond acceptors (Lipinski definition) is 4. The third-order valence-corrected chi connectivity index (χ3v) is 4.39. The highest BCUT2D eigenvalue weighted by molar-refractivity contribution is 5.83. The van der Waals surface area contributed by atoms with Gasteiger partial charge in [-0.2, -0.15) is 0 Å². The molecule has 0 aromatic heterocycles. The molecule has 126 valence electrons. The Morgan fingerprint density at radius 2 is 2.17 bits per heavy atom. The number of methoxy groups -OCH3 is 2. The summed E-state index contributed by atoms with van der Waals surface area (Å²) in [6.45, 7) is -7.09. The molecule has 0 amide bonds. The monoisotopic (exact) mass is 328 g/mol. The first-order valence-electron chi connectivity index (χ1n) is 13.0. The van der Waals surface area contributed by atoms with Crippen LogP contribution >= 0.6 is 0 Å². The first-order valence-corrected chi connectivity index (χ1v) is 7.46. The Balaban J connectivity index is 2.07. The van der Waals surface area contributed by atoms with Crippen molar-refractivity contribution >= 4 is 5.78 Å². The number of ketones is 1. The molecule has 0 N–H and O–H groups in total. The Labute approximate surface area is 154 Å². The van der Waals surface area contributed by atoms with Crippen LogP contribution in [-0.4, -0.2) is 38.0 Å². The SMILES string of the molecule is [2H]c1c2c(c([2H])c(OC)c1OC)C1CC(=O)C(C([2H])([2H])C([2H])(C([2H])([2H])[2H])C([2H])([2H])[2H])CN1CC2. The molecule has 0 bridgehead atoms. The molecule has 2 heterocycles.